The predicted molar refractivity (Wildman–Crippen MR) is 261 cm³/mol. The van der Waals surface area contributed by atoms with Crippen LogP contribution in [0.15, 0.2) is 36.5 Å². The maximum absolute atomic E-state index is 12.7. The molecule has 0 rings (SSSR count). The molecule has 0 heterocycles. The van der Waals surface area contributed by atoms with E-state index < -0.39 is 33.2 Å². The van der Waals surface area contributed by atoms with E-state index >= 15 is 0 Å². The molecule has 9 nitrogen and oxygen atoms in total. The van der Waals surface area contributed by atoms with Crippen molar-refractivity contribution in [2.75, 3.05) is 33.0 Å². The van der Waals surface area contributed by atoms with Crippen molar-refractivity contribution in [3.8, 4) is 0 Å². The Bertz CT molecular complexity index is 1060. The van der Waals surface area contributed by atoms with Gasteiger partial charge >= 0.3 is 13.8 Å². The van der Waals surface area contributed by atoms with Crippen LogP contribution in [0.3, 0.4) is 0 Å². The van der Waals surface area contributed by atoms with Gasteiger partial charge in [0.2, 0.25) is 0 Å². The van der Waals surface area contributed by atoms with Gasteiger partial charge in [-0.1, -0.05) is 224 Å². The Morgan fingerprint density at radius 3 is 1.31 bits per heavy atom. The lowest BCUT2D eigenvalue weighted by Crippen LogP contribution is -2.29. The van der Waals surface area contributed by atoms with Gasteiger partial charge in [0.1, 0.15) is 12.2 Å². The number of carbonyl (C=O) groups is 1. The fourth-order valence-electron chi connectivity index (χ4n) is 7.36. The zero-order chi connectivity index (χ0) is 45.3. The minimum Gasteiger partial charge on any atom is -0.457 e. The zero-order valence-corrected chi connectivity index (χ0v) is 41.2. The molecule has 10 heteroatoms. The van der Waals surface area contributed by atoms with Crippen molar-refractivity contribution >= 4 is 13.8 Å². The standard InChI is InChI=1S/C52H99O9P/c1-3-5-7-9-11-13-15-17-19-21-23-24-25-26-27-28-30-32-34-36-38-40-42-44-52(55)61-51(49-60-62(56,57)59-47-50(54)46-53)48-58-45-43-41-39-37-35-33-31-29-22-20-18-16-14-12-10-8-6-4-2/h15,17,21,23,25-26,50-51,53-54H,3-14,16,18-20,22,24,27-49H2,1-2H3,(H,56,57)/b17-15-,23-21-,26-25-. The van der Waals surface area contributed by atoms with E-state index in [2.05, 4.69) is 50.3 Å². The Labute approximate surface area is 382 Å². The quantitative estimate of drug-likeness (QED) is 0.0236. The molecule has 3 atom stereocenters. The molecule has 0 aromatic carbocycles. The van der Waals surface area contributed by atoms with Crippen LogP contribution in [0, 0.1) is 0 Å². The first-order valence-electron chi connectivity index (χ1n) is 26.0. The molecule has 0 fully saturated rings. The molecule has 0 aliphatic heterocycles. The van der Waals surface area contributed by atoms with Gasteiger partial charge in [-0.25, -0.2) is 4.57 Å². The molecule has 3 unspecified atom stereocenters. The number of rotatable bonds is 50. The number of hydrogen-bond donors (Lipinski definition) is 3. The highest BCUT2D eigenvalue weighted by Gasteiger charge is 2.26. The summed E-state index contributed by atoms with van der Waals surface area (Å²) in [6, 6.07) is 0. The van der Waals surface area contributed by atoms with Crippen molar-refractivity contribution in [2.45, 2.75) is 257 Å². The highest BCUT2D eigenvalue weighted by atomic mass is 31.2. The third-order valence-corrected chi connectivity index (χ3v) is 12.3. The largest absolute Gasteiger partial charge is 0.472 e. The molecule has 0 aliphatic carbocycles. The van der Waals surface area contributed by atoms with Gasteiger partial charge in [0.05, 0.1) is 26.4 Å². The zero-order valence-electron chi connectivity index (χ0n) is 40.3. The van der Waals surface area contributed by atoms with Crippen LogP contribution in [0.1, 0.15) is 245 Å². The molecule has 0 saturated carbocycles. The molecule has 0 aliphatic rings. The molecule has 3 N–H and O–H groups in total. The number of esters is 1. The number of ether oxygens (including phenoxy) is 2. The van der Waals surface area contributed by atoms with E-state index in [4.69, 9.17) is 23.6 Å². The van der Waals surface area contributed by atoms with Crippen LogP contribution >= 0.6 is 7.82 Å². The predicted octanol–water partition coefficient (Wildman–Crippen LogP) is 15.2. The molecule has 0 bridgehead atoms. The van der Waals surface area contributed by atoms with E-state index in [0.717, 1.165) is 57.8 Å². The molecular formula is C52H99O9P. The van der Waals surface area contributed by atoms with Crippen LogP contribution in [0.25, 0.3) is 0 Å². The topological polar surface area (TPSA) is 132 Å². The van der Waals surface area contributed by atoms with E-state index in [1.165, 1.54) is 167 Å². The first-order valence-corrected chi connectivity index (χ1v) is 27.5. The highest BCUT2D eigenvalue weighted by molar-refractivity contribution is 7.47. The minimum atomic E-state index is -4.52. The summed E-state index contributed by atoms with van der Waals surface area (Å²) in [5, 5.41) is 18.4. The van der Waals surface area contributed by atoms with E-state index in [0.29, 0.717) is 6.61 Å². The van der Waals surface area contributed by atoms with E-state index in [1.54, 1.807) is 0 Å². The van der Waals surface area contributed by atoms with Crippen molar-refractivity contribution in [3.05, 3.63) is 36.5 Å². The Hall–Kier alpha value is -1.32. The second kappa shape index (κ2) is 49.1. The van der Waals surface area contributed by atoms with Gasteiger partial charge in [-0.2, -0.15) is 0 Å². The number of hydrogen-bond acceptors (Lipinski definition) is 8. The Morgan fingerprint density at radius 1 is 0.500 bits per heavy atom. The number of phosphoric acid groups is 1. The molecule has 0 aromatic rings. The van der Waals surface area contributed by atoms with Crippen LogP contribution in [-0.2, 0) is 27.9 Å². The van der Waals surface area contributed by atoms with Crippen molar-refractivity contribution in [1.29, 1.82) is 0 Å². The summed E-state index contributed by atoms with van der Waals surface area (Å²) >= 11 is 0. The number of carbonyl (C=O) groups excluding carboxylic acids is 1. The first kappa shape index (κ1) is 60.7. The van der Waals surface area contributed by atoms with Gasteiger partial charge in [-0.05, 0) is 51.4 Å². The normalized spacial score (nSPS) is 14.1. The molecule has 0 aromatic heterocycles. The van der Waals surface area contributed by atoms with Crippen LogP contribution < -0.4 is 0 Å². The average molecular weight is 899 g/mol. The Balaban J connectivity index is 4.07. The Kier molecular flexibility index (Phi) is 48.1. The van der Waals surface area contributed by atoms with Gasteiger partial charge in [-0.3, -0.25) is 13.8 Å². The number of allylic oxidation sites excluding steroid dienone is 6. The van der Waals surface area contributed by atoms with Crippen LogP contribution in [-0.4, -0.2) is 66.3 Å². The Morgan fingerprint density at radius 2 is 0.871 bits per heavy atom. The molecule has 62 heavy (non-hydrogen) atoms. The number of aliphatic hydroxyl groups is 2. The third-order valence-electron chi connectivity index (χ3n) is 11.3. The summed E-state index contributed by atoms with van der Waals surface area (Å²) in [6.07, 6.45) is 55.3. The lowest BCUT2D eigenvalue weighted by molar-refractivity contribution is -0.154. The van der Waals surface area contributed by atoms with Crippen molar-refractivity contribution in [2.24, 2.45) is 0 Å². The molecular weight excluding hydrogens is 800 g/mol. The smallest absolute Gasteiger partial charge is 0.457 e. The van der Waals surface area contributed by atoms with Crippen LogP contribution in [0.2, 0.25) is 0 Å². The van der Waals surface area contributed by atoms with Gasteiger partial charge in [0.15, 0.2) is 0 Å². The first-order chi connectivity index (χ1) is 30.3. The molecule has 366 valence electrons. The molecule has 0 spiro atoms. The second-order valence-corrected chi connectivity index (χ2v) is 19.0. The fourth-order valence-corrected chi connectivity index (χ4v) is 8.15. The lowest BCUT2D eigenvalue weighted by Gasteiger charge is -2.20. The summed E-state index contributed by atoms with van der Waals surface area (Å²) in [6.45, 7) is 3.55. The summed E-state index contributed by atoms with van der Waals surface area (Å²) < 4.78 is 33.5. The van der Waals surface area contributed by atoms with Crippen molar-refractivity contribution in [3.63, 3.8) is 0 Å². The summed E-state index contributed by atoms with van der Waals surface area (Å²) in [7, 11) is -4.52. The van der Waals surface area contributed by atoms with Crippen molar-refractivity contribution in [1.82, 2.24) is 0 Å². The van der Waals surface area contributed by atoms with E-state index in [-0.39, 0.29) is 25.6 Å². The van der Waals surface area contributed by atoms with Gasteiger partial charge in [0, 0.05) is 13.0 Å². The van der Waals surface area contributed by atoms with Gasteiger partial charge in [0.25, 0.3) is 0 Å². The summed E-state index contributed by atoms with van der Waals surface area (Å²) in [4.78, 5) is 22.7. The summed E-state index contributed by atoms with van der Waals surface area (Å²) in [5.41, 5.74) is 0. The lowest BCUT2D eigenvalue weighted by atomic mass is 10.0. The maximum atomic E-state index is 12.7. The average Bonchev–Trinajstić information content (AvgIpc) is 3.26. The van der Waals surface area contributed by atoms with Gasteiger partial charge < -0.3 is 24.6 Å². The highest BCUT2D eigenvalue weighted by Crippen LogP contribution is 2.43. The summed E-state index contributed by atoms with van der Waals surface area (Å²) in [5.74, 6) is -0.386. The number of phosphoric ester groups is 1. The maximum Gasteiger partial charge on any atom is 0.472 e. The van der Waals surface area contributed by atoms with E-state index in [9.17, 15) is 19.4 Å². The SMILES string of the molecule is CCCCCCC/C=C\C/C=C\C/C=C\CCCCCCCCCCC(=O)OC(COCCCCCCCCCCCCCCCCCCCC)COP(=O)(O)OCC(O)CO. The van der Waals surface area contributed by atoms with Crippen LogP contribution in [0.4, 0.5) is 0 Å². The van der Waals surface area contributed by atoms with E-state index in [1.807, 2.05) is 0 Å². The monoisotopic (exact) mass is 899 g/mol. The van der Waals surface area contributed by atoms with Crippen molar-refractivity contribution < 1.29 is 43.0 Å². The molecule has 0 saturated heterocycles. The molecule has 0 amide bonds. The van der Waals surface area contributed by atoms with Gasteiger partial charge in [-0.15, -0.1) is 0 Å². The fraction of sp³-hybridized carbons (Fsp3) is 0.865. The second-order valence-electron chi connectivity index (χ2n) is 17.5. The van der Waals surface area contributed by atoms with Crippen LogP contribution in [0.5, 0.6) is 0 Å². The minimum absolute atomic E-state index is 0.0496. The third kappa shape index (κ3) is 48.1. The molecule has 0 radical (unpaired) electrons. The number of unbranched alkanes of at least 4 members (excludes halogenated alkanes) is 30. The number of aliphatic hydroxyl groups excluding tert-OH is 2.